The van der Waals surface area contributed by atoms with Crippen molar-refractivity contribution in [1.82, 2.24) is 25.1 Å². The van der Waals surface area contributed by atoms with E-state index < -0.39 is 0 Å². The Bertz CT molecular complexity index is 581. The number of pyridine rings is 1. The number of aryl methyl sites for hydroxylation is 1. The number of amides is 1. The van der Waals surface area contributed by atoms with Crippen LogP contribution in [0.3, 0.4) is 0 Å². The van der Waals surface area contributed by atoms with E-state index in [1.807, 2.05) is 4.57 Å². The molecule has 2 aromatic rings. The summed E-state index contributed by atoms with van der Waals surface area (Å²) in [6, 6.07) is 3.21. The number of ether oxygens (including phenoxy) is 1. The van der Waals surface area contributed by atoms with Gasteiger partial charge in [-0.1, -0.05) is 0 Å². The summed E-state index contributed by atoms with van der Waals surface area (Å²) in [5.74, 6) is 0.848. The van der Waals surface area contributed by atoms with Crippen LogP contribution in [0.5, 0.6) is 0 Å². The summed E-state index contributed by atoms with van der Waals surface area (Å²) in [7, 11) is 1.66. The Morgan fingerprint density at radius 3 is 3.05 bits per heavy atom. The summed E-state index contributed by atoms with van der Waals surface area (Å²) in [5, 5.41) is 10.6. The predicted octanol–water partition coefficient (Wildman–Crippen LogP) is 0.222. The largest absolute Gasteiger partial charge is 0.385 e. The molecule has 0 saturated heterocycles. The zero-order chi connectivity index (χ0) is 15.1. The molecule has 0 aromatic carbocycles. The predicted molar refractivity (Wildman–Crippen MR) is 76.3 cm³/mol. The summed E-state index contributed by atoms with van der Waals surface area (Å²) in [6.07, 6.45) is 3.94. The highest BCUT2D eigenvalue weighted by atomic mass is 16.5. The van der Waals surface area contributed by atoms with Crippen molar-refractivity contribution in [2.24, 2.45) is 0 Å². The van der Waals surface area contributed by atoms with Crippen LogP contribution in [0.15, 0.2) is 24.7 Å². The topological polar surface area (TPSA) is 108 Å². The van der Waals surface area contributed by atoms with Crippen molar-refractivity contribution in [1.29, 1.82) is 0 Å². The van der Waals surface area contributed by atoms with Crippen molar-refractivity contribution in [3.05, 3.63) is 36.0 Å². The van der Waals surface area contributed by atoms with Crippen LogP contribution in [-0.4, -0.2) is 39.4 Å². The molecule has 0 saturated carbocycles. The van der Waals surface area contributed by atoms with Crippen LogP contribution in [-0.2, 0) is 17.8 Å². The van der Waals surface area contributed by atoms with E-state index in [1.165, 1.54) is 6.20 Å². The molecule has 0 bridgehead atoms. The number of rotatable bonds is 7. The molecule has 2 rings (SSSR count). The molecule has 0 atom stereocenters. The van der Waals surface area contributed by atoms with Gasteiger partial charge in [-0.15, -0.1) is 10.2 Å². The molecule has 8 heteroatoms. The van der Waals surface area contributed by atoms with E-state index in [4.69, 9.17) is 10.5 Å². The Morgan fingerprint density at radius 2 is 2.33 bits per heavy atom. The van der Waals surface area contributed by atoms with Gasteiger partial charge in [0.25, 0.3) is 5.91 Å². The second-order valence-electron chi connectivity index (χ2n) is 4.44. The first-order chi connectivity index (χ1) is 10.2. The van der Waals surface area contributed by atoms with Crippen LogP contribution in [0.2, 0.25) is 0 Å². The molecule has 1 amide bonds. The summed E-state index contributed by atoms with van der Waals surface area (Å²) >= 11 is 0. The standard InChI is InChI=1S/C13H18N6O2/c1-21-6-2-5-19-9-17-18-12(19)8-16-13(20)10-3-4-11(14)15-7-10/h3-4,7,9H,2,5-6,8H2,1H3,(H2,14,15)(H,16,20). The molecule has 0 aliphatic carbocycles. The molecule has 3 N–H and O–H groups in total. The van der Waals surface area contributed by atoms with Gasteiger partial charge in [-0.2, -0.15) is 0 Å². The second kappa shape index (κ2) is 7.34. The van der Waals surface area contributed by atoms with Crippen molar-refractivity contribution < 1.29 is 9.53 Å². The monoisotopic (exact) mass is 290 g/mol. The number of aromatic nitrogens is 4. The van der Waals surface area contributed by atoms with Gasteiger partial charge in [0.2, 0.25) is 0 Å². The average molecular weight is 290 g/mol. The van der Waals surface area contributed by atoms with Crippen LogP contribution in [0.25, 0.3) is 0 Å². The zero-order valence-electron chi connectivity index (χ0n) is 11.8. The van der Waals surface area contributed by atoms with Gasteiger partial charge in [0.1, 0.15) is 12.1 Å². The second-order valence-corrected chi connectivity index (χ2v) is 4.44. The first kappa shape index (κ1) is 14.9. The van der Waals surface area contributed by atoms with Crippen LogP contribution < -0.4 is 11.1 Å². The van der Waals surface area contributed by atoms with Gasteiger partial charge in [0, 0.05) is 26.5 Å². The molecule has 2 aromatic heterocycles. The van der Waals surface area contributed by atoms with E-state index in [9.17, 15) is 4.79 Å². The summed E-state index contributed by atoms with van der Waals surface area (Å²) in [6.45, 7) is 1.72. The van der Waals surface area contributed by atoms with Gasteiger partial charge in [0.05, 0.1) is 12.1 Å². The Morgan fingerprint density at radius 1 is 1.48 bits per heavy atom. The maximum absolute atomic E-state index is 12.0. The molecule has 8 nitrogen and oxygen atoms in total. The van der Waals surface area contributed by atoms with E-state index >= 15 is 0 Å². The fourth-order valence-corrected chi connectivity index (χ4v) is 1.78. The highest BCUT2D eigenvalue weighted by Gasteiger charge is 2.09. The maximum Gasteiger partial charge on any atom is 0.253 e. The van der Waals surface area contributed by atoms with Gasteiger partial charge < -0.3 is 20.4 Å². The first-order valence-corrected chi connectivity index (χ1v) is 6.56. The third-order valence-electron chi connectivity index (χ3n) is 2.90. The molecule has 0 fully saturated rings. The molecule has 0 spiro atoms. The number of nitrogen functional groups attached to an aromatic ring is 1. The van der Waals surface area contributed by atoms with Gasteiger partial charge >= 0.3 is 0 Å². The minimum Gasteiger partial charge on any atom is -0.385 e. The zero-order valence-corrected chi connectivity index (χ0v) is 11.8. The fraction of sp³-hybridized carbons (Fsp3) is 0.385. The van der Waals surface area contributed by atoms with Crippen molar-refractivity contribution >= 4 is 11.7 Å². The number of nitrogens with two attached hydrogens (primary N) is 1. The number of hydrogen-bond donors (Lipinski definition) is 2. The maximum atomic E-state index is 12.0. The lowest BCUT2D eigenvalue weighted by molar-refractivity contribution is 0.0949. The minimum atomic E-state index is -0.228. The molecule has 21 heavy (non-hydrogen) atoms. The van der Waals surface area contributed by atoms with Crippen molar-refractivity contribution in [3.63, 3.8) is 0 Å². The number of carbonyl (C=O) groups excluding carboxylic acids is 1. The Labute approximate surface area is 122 Å². The number of carbonyl (C=O) groups is 1. The molecule has 0 aliphatic rings. The van der Waals surface area contributed by atoms with Crippen molar-refractivity contribution in [2.75, 3.05) is 19.5 Å². The smallest absolute Gasteiger partial charge is 0.253 e. The lowest BCUT2D eigenvalue weighted by Crippen LogP contribution is -2.25. The van der Waals surface area contributed by atoms with Crippen LogP contribution in [0.4, 0.5) is 5.82 Å². The SMILES string of the molecule is COCCCn1cnnc1CNC(=O)c1ccc(N)nc1. The van der Waals surface area contributed by atoms with Crippen LogP contribution in [0, 0.1) is 0 Å². The van der Waals surface area contributed by atoms with Crippen LogP contribution in [0.1, 0.15) is 22.6 Å². The first-order valence-electron chi connectivity index (χ1n) is 6.56. The molecule has 0 aliphatic heterocycles. The average Bonchev–Trinajstić information content (AvgIpc) is 2.93. The molecular weight excluding hydrogens is 272 g/mol. The molecule has 0 unspecified atom stereocenters. The third-order valence-corrected chi connectivity index (χ3v) is 2.90. The third kappa shape index (κ3) is 4.25. The highest BCUT2D eigenvalue weighted by molar-refractivity contribution is 5.93. The highest BCUT2D eigenvalue weighted by Crippen LogP contribution is 2.02. The normalized spacial score (nSPS) is 10.5. The Balaban J connectivity index is 1.89. The van der Waals surface area contributed by atoms with Crippen LogP contribution >= 0.6 is 0 Å². The van der Waals surface area contributed by atoms with Crippen molar-refractivity contribution in [3.8, 4) is 0 Å². The van der Waals surface area contributed by atoms with Gasteiger partial charge in [-0.3, -0.25) is 4.79 Å². The molecular formula is C13H18N6O2. The lowest BCUT2D eigenvalue weighted by atomic mass is 10.2. The number of methoxy groups -OCH3 is 1. The number of hydrogen-bond acceptors (Lipinski definition) is 6. The minimum absolute atomic E-state index is 0.228. The lowest BCUT2D eigenvalue weighted by Gasteiger charge is -2.07. The fourth-order valence-electron chi connectivity index (χ4n) is 1.78. The summed E-state index contributed by atoms with van der Waals surface area (Å²) < 4.78 is 6.89. The van der Waals surface area contributed by atoms with Crippen molar-refractivity contribution in [2.45, 2.75) is 19.5 Å². The molecule has 112 valence electrons. The quantitative estimate of drug-likeness (QED) is 0.706. The van der Waals surface area contributed by atoms with E-state index in [2.05, 4.69) is 20.5 Å². The molecule has 2 heterocycles. The number of anilines is 1. The van der Waals surface area contributed by atoms with Gasteiger partial charge in [-0.25, -0.2) is 4.98 Å². The summed E-state index contributed by atoms with van der Waals surface area (Å²) in [5.41, 5.74) is 5.93. The van der Waals surface area contributed by atoms with E-state index in [-0.39, 0.29) is 5.91 Å². The Hall–Kier alpha value is -2.48. The van der Waals surface area contributed by atoms with Gasteiger partial charge in [0.15, 0.2) is 5.82 Å². The summed E-state index contributed by atoms with van der Waals surface area (Å²) in [4.78, 5) is 15.8. The molecule has 0 radical (unpaired) electrons. The van der Waals surface area contributed by atoms with E-state index in [0.717, 1.165) is 13.0 Å². The van der Waals surface area contributed by atoms with E-state index in [0.29, 0.717) is 30.4 Å². The number of nitrogens with one attached hydrogen (secondary N) is 1. The Kier molecular flexibility index (Phi) is 5.22. The van der Waals surface area contributed by atoms with Gasteiger partial charge in [-0.05, 0) is 18.6 Å². The number of nitrogens with zero attached hydrogens (tertiary/aromatic N) is 4. The van der Waals surface area contributed by atoms with E-state index in [1.54, 1.807) is 25.6 Å².